The molecule has 0 bridgehead atoms. The Hall–Kier alpha value is -1.87. The van der Waals surface area contributed by atoms with Crippen LogP contribution in [0.2, 0.25) is 0 Å². The van der Waals surface area contributed by atoms with Gasteiger partial charge >= 0.3 is 0 Å². The van der Waals surface area contributed by atoms with Crippen molar-refractivity contribution in [2.75, 3.05) is 18.0 Å². The summed E-state index contributed by atoms with van der Waals surface area (Å²) < 4.78 is 53.8. The van der Waals surface area contributed by atoms with E-state index < -0.39 is 60.1 Å². The van der Waals surface area contributed by atoms with Crippen LogP contribution in [-0.2, 0) is 9.59 Å². The fourth-order valence-electron chi connectivity index (χ4n) is 2.96. The van der Waals surface area contributed by atoms with Crippen LogP contribution in [0, 0.1) is 11.6 Å². The van der Waals surface area contributed by atoms with Crippen molar-refractivity contribution in [3.05, 3.63) is 29.8 Å². The molecule has 1 aromatic carbocycles. The molecule has 2 unspecified atom stereocenters. The van der Waals surface area contributed by atoms with Crippen molar-refractivity contribution >= 4 is 29.9 Å². The largest absolute Gasteiger partial charge is 0.343 e. The second-order valence-electron chi connectivity index (χ2n) is 5.90. The number of alkyl halides is 2. The lowest BCUT2D eigenvalue weighted by Crippen LogP contribution is -2.48. The minimum absolute atomic E-state index is 0. The zero-order chi connectivity index (χ0) is 17.5. The quantitative estimate of drug-likeness (QED) is 0.782. The summed E-state index contributed by atoms with van der Waals surface area (Å²) in [7, 11) is 0. The summed E-state index contributed by atoms with van der Waals surface area (Å²) in [5, 5.41) is 4.77. The highest BCUT2D eigenvalue weighted by Crippen LogP contribution is 2.28. The van der Waals surface area contributed by atoms with Crippen LogP contribution in [-0.4, -0.2) is 42.9 Å². The maximum Gasteiger partial charge on any atom is 0.262 e. The molecule has 2 atom stereocenters. The van der Waals surface area contributed by atoms with E-state index in [1.54, 1.807) is 0 Å². The number of carbonyl (C=O) groups is 2. The number of amides is 2. The van der Waals surface area contributed by atoms with Gasteiger partial charge in [0.2, 0.25) is 11.8 Å². The number of carbonyl (C=O) groups excluding carboxylic acids is 2. The van der Waals surface area contributed by atoms with E-state index in [4.69, 9.17) is 0 Å². The fourth-order valence-corrected chi connectivity index (χ4v) is 2.96. The third-order valence-corrected chi connectivity index (χ3v) is 4.16. The van der Waals surface area contributed by atoms with Gasteiger partial charge in [-0.3, -0.25) is 14.9 Å². The van der Waals surface area contributed by atoms with E-state index in [-0.39, 0.29) is 25.4 Å². The summed E-state index contributed by atoms with van der Waals surface area (Å²) in [6.45, 7) is -0.577. The fraction of sp³-hybridized carbons (Fsp3) is 0.467. The predicted molar refractivity (Wildman–Crippen MR) is 83.9 cm³/mol. The second-order valence-corrected chi connectivity index (χ2v) is 5.90. The molecule has 5 nitrogen and oxygen atoms in total. The number of halogens is 5. The first-order chi connectivity index (χ1) is 11.3. The van der Waals surface area contributed by atoms with E-state index >= 15 is 0 Å². The molecule has 2 fully saturated rings. The number of hydrogen-bond donors (Lipinski definition) is 2. The molecule has 2 aliphatic heterocycles. The normalized spacial score (nSPS) is 25.0. The van der Waals surface area contributed by atoms with E-state index in [0.29, 0.717) is 0 Å². The van der Waals surface area contributed by atoms with E-state index in [1.165, 1.54) is 6.07 Å². The van der Waals surface area contributed by atoms with Gasteiger partial charge in [0, 0.05) is 13.0 Å². The van der Waals surface area contributed by atoms with Crippen molar-refractivity contribution in [3.8, 4) is 0 Å². The first-order valence-corrected chi connectivity index (χ1v) is 7.45. The van der Waals surface area contributed by atoms with Gasteiger partial charge in [0.25, 0.3) is 5.92 Å². The van der Waals surface area contributed by atoms with Crippen molar-refractivity contribution in [2.45, 2.75) is 30.8 Å². The number of anilines is 1. The molecular formula is C15H16ClF4N3O2. The van der Waals surface area contributed by atoms with Crippen LogP contribution >= 0.6 is 12.4 Å². The zero-order valence-electron chi connectivity index (χ0n) is 12.9. The van der Waals surface area contributed by atoms with Crippen LogP contribution in [0.15, 0.2) is 18.2 Å². The summed E-state index contributed by atoms with van der Waals surface area (Å²) in [5.41, 5.74) is -0.468. The molecule has 2 N–H and O–H groups in total. The first-order valence-electron chi connectivity index (χ1n) is 7.45. The Balaban J connectivity index is 0.00000225. The summed E-state index contributed by atoms with van der Waals surface area (Å²) in [4.78, 5) is 25.2. The van der Waals surface area contributed by atoms with Gasteiger partial charge in [-0.15, -0.1) is 12.4 Å². The third kappa shape index (κ3) is 3.87. The van der Waals surface area contributed by atoms with Crippen LogP contribution in [0.25, 0.3) is 0 Å². The summed E-state index contributed by atoms with van der Waals surface area (Å²) in [6, 6.07) is 1.16. The van der Waals surface area contributed by atoms with Gasteiger partial charge in [0.1, 0.15) is 23.4 Å². The average Bonchev–Trinajstić information content (AvgIpc) is 3.04. The number of rotatable bonds is 3. The lowest BCUT2D eigenvalue weighted by Gasteiger charge is -2.19. The smallest absolute Gasteiger partial charge is 0.262 e. The Labute approximate surface area is 147 Å². The highest BCUT2D eigenvalue weighted by Gasteiger charge is 2.44. The zero-order valence-corrected chi connectivity index (χ0v) is 13.7. The third-order valence-electron chi connectivity index (χ3n) is 4.16. The van der Waals surface area contributed by atoms with Gasteiger partial charge in [-0.1, -0.05) is 6.07 Å². The van der Waals surface area contributed by atoms with Crippen LogP contribution in [0.4, 0.5) is 23.2 Å². The number of nitrogens with one attached hydrogen (secondary N) is 2. The van der Waals surface area contributed by atoms with Gasteiger partial charge in [0.05, 0.1) is 12.6 Å². The number of nitrogens with zero attached hydrogens (tertiary/aromatic N) is 1. The van der Waals surface area contributed by atoms with Gasteiger partial charge in [0.15, 0.2) is 0 Å². The second kappa shape index (κ2) is 7.17. The summed E-state index contributed by atoms with van der Waals surface area (Å²) in [6.07, 6.45) is -0.507. The average molecular weight is 382 g/mol. The molecule has 3 rings (SSSR count). The van der Waals surface area contributed by atoms with Crippen LogP contribution in [0.5, 0.6) is 0 Å². The van der Waals surface area contributed by atoms with Crippen molar-refractivity contribution in [1.82, 2.24) is 10.6 Å². The molecule has 2 amide bonds. The number of benzene rings is 1. The molecular weight excluding hydrogens is 366 g/mol. The maximum atomic E-state index is 13.8. The predicted octanol–water partition coefficient (Wildman–Crippen LogP) is 1.61. The molecule has 0 saturated carbocycles. The summed E-state index contributed by atoms with van der Waals surface area (Å²) >= 11 is 0. The molecule has 0 aromatic heterocycles. The molecule has 0 radical (unpaired) electrons. The van der Waals surface area contributed by atoms with E-state index in [0.717, 1.165) is 17.0 Å². The highest BCUT2D eigenvalue weighted by molar-refractivity contribution is 6.02. The number of para-hydroxylation sites is 1. The van der Waals surface area contributed by atoms with Crippen molar-refractivity contribution in [1.29, 1.82) is 0 Å². The standard InChI is InChI=1S/C15H15F4N3O2.ClH/c16-8-2-1-3-9(17)12(8)22-5-4-10(14(22)24)21-13(23)11-6-15(18,19)7-20-11;/h1-3,10-11,20H,4-7H2,(H,21,23);1H. The van der Waals surface area contributed by atoms with Gasteiger partial charge in [-0.2, -0.15) is 0 Å². The van der Waals surface area contributed by atoms with Crippen molar-refractivity contribution < 1.29 is 27.2 Å². The molecule has 2 aliphatic rings. The van der Waals surface area contributed by atoms with Crippen molar-refractivity contribution in [3.63, 3.8) is 0 Å². The van der Waals surface area contributed by atoms with Crippen LogP contribution in [0.3, 0.4) is 0 Å². The Morgan fingerprint density at radius 3 is 2.48 bits per heavy atom. The van der Waals surface area contributed by atoms with E-state index in [2.05, 4.69) is 10.6 Å². The highest BCUT2D eigenvalue weighted by atomic mass is 35.5. The molecule has 138 valence electrons. The Bertz CT molecular complexity index is 668. The van der Waals surface area contributed by atoms with Gasteiger partial charge in [-0.25, -0.2) is 17.6 Å². The molecule has 2 heterocycles. The molecule has 10 heteroatoms. The number of hydrogen-bond acceptors (Lipinski definition) is 3. The van der Waals surface area contributed by atoms with E-state index in [1.807, 2.05) is 0 Å². The minimum atomic E-state index is -2.97. The molecule has 2 saturated heterocycles. The van der Waals surface area contributed by atoms with Crippen molar-refractivity contribution in [2.24, 2.45) is 0 Å². The maximum absolute atomic E-state index is 13.8. The Morgan fingerprint density at radius 2 is 1.92 bits per heavy atom. The monoisotopic (exact) mass is 381 g/mol. The molecule has 1 aromatic rings. The van der Waals surface area contributed by atoms with Crippen LogP contribution in [0.1, 0.15) is 12.8 Å². The lowest BCUT2D eigenvalue weighted by atomic mass is 10.1. The summed E-state index contributed by atoms with van der Waals surface area (Å²) in [5.74, 6) is -6.12. The Morgan fingerprint density at radius 1 is 1.28 bits per heavy atom. The minimum Gasteiger partial charge on any atom is -0.343 e. The van der Waals surface area contributed by atoms with Gasteiger partial charge < -0.3 is 10.2 Å². The topological polar surface area (TPSA) is 61.4 Å². The van der Waals surface area contributed by atoms with Gasteiger partial charge in [-0.05, 0) is 18.6 Å². The lowest BCUT2D eigenvalue weighted by molar-refractivity contribution is -0.128. The molecule has 0 spiro atoms. The van der Waals surface area contributed by atoms with Crippen LogP contribution < -0.4 is 15.5 Å². The molecule has 25 heavy (non-hydrogen) atoms. The SMILES string of the molecule is Cl.O=C(NC1CCN(c2c(F)cccc2F)C1=O)C1CC(F)(F)CN1. The van der Waals surface area contributed by atoms with E-state index in [9.17, 15) is 27.2 Å². The Kier molecular flexibility index (Phi) is 5.58. The molecule has 0 aliphatic carbocycles. The first kappa shape index (κ1) is 19.5.